The molecule has 0 aromatic heterocycles. The zero-order chi connectivity index (χ0) is 28.0. The molecule has 0 N–H and O–H groups in total. The van der Waals surface area contributed by atoms with Gasteiger partial charge in [0.05, 0.1) is 0 Å². The molecule has 3 aromatic carbocycles. The predicted molar refractivity (Wildman–Crippen MR) is 166 cm³/mol. The maximum Gasteiger partial charge on any atom is -1.00 e. The molecular weight excluding hydrogens is 621 g/mol. The third-order valence-corrected chi connectivity index (χ3v) is 17.1. The quantitative estimate of drug-likeness (QED) is 0.191. The summed E-state index contributed by atoms with van der Waals surface area (Å²) in [5.74, 6) is 0. The SMILES string of the molecule is CC1=C(C)[C]([Ti+3])([Si](c2cccc(N(C)C)c2)(c2cccc(N(C)C)c2)c2cccc(N(C)C)c2)C(C)=C1C.[Cl-].[Cl-].[Cl-]. The Morgan fingerprint density at radius 3 is 1.02 bits per heavy atom. The van der Waals surface area contributed by atoms with Crippen LogP contribution in [0, 0.1) is 0 Å². The standard InChI is InChI=1S/C33H42N3Si.3ClH.Ti/c1-23-24(2)26(4)33(25(23)3)37(30-17-11-14-27(20-30)34(5)6,31-18-12-15-28(21-31)35(7)8)32-19-13-16-29(22-32)36(9)10;;;;/h11-22H,1-10H3;3*1H;/q;;;;+3/p-3. The number of rotatable bonds is 7. The molecule has 0 atom stereocenters. The molecule has 3 nitrogen and oxygen atoms in total. The van der Waals surface area contributed by atoms with Crippen molar-refractivity contribution < 1.29 is 57.7 Å². The van der Waals surface area contributed by atoms with Crippen LogP contribution in [0.2, 0.25) is 3.34 Å². The summed E-state index contributed by atoms with van der Waals surface area (Å²) < 4.78 is -0.137. The third-order valence-electron chi connectivity index (χ3n) is 8.76. The van der Waals surface area contributed by atoms with E-state index in [-0.39, 0.29) is 40.6 Å². The van der Waals surface area contributed by atoms with E-state index in [0.717, 1.165) is 0 Å². The van der Waals surface area contributed by atoms with Crippen molar-refractivity contribution >= 4 is 40.7 Å². The van der Waals surface area contributed by atoms with Gasteiger partial charge >= 0.3 is 244 Å². The van der Waals surface area contributed by atoms with Gasteiger partial charge in [-0.3, -0.25) is 0 Å². The minimum Gasteiger partial charge on any atom is -1.00 e. The number of hydrogen-bond acceptors (Lipinski definition) is 3. The molecule has 0 aliphatic heterocycles. The van der Waals surface area contributed by atoms with Gasteiger partial charge in [0.15, 0.2) is 0 Å². The maximum atomic E-state index is 2.54. The first-order valence-corrected chi connectivity index (χ1v) is 16.1. The average molecular weight is 663 g/mol. The van der Waals surface area contributed by atoms with Gasteiger partial charge < -0.3 is 37.2 Å². The van der Waals surface area contributed by atoms with E-state index in [1.165, 1.54) is 54.9 Å². The summed E-state index contributed by atoms with van der Waals surface area (Å²) >= 11 is 2.54. The summed E-state index contributed by atoms with van der Waals surface area (Å²) in [6.45, 7) is 9.42. The van der Waals surface area contributed by atoms with Gasteiger partial charge in [-0.2, -0.15) is 0 Å². The van der Waals surface area contributed by atoms with Crippen LogP contribution in [0.15, 0.2) is 95.1 Å². The summed E-state index contributed by atoms with van der Waals surface area (Å²) in [5.41, 5.74) is 9.61. The van der Waals surface area contributed by atoms with Crippen molar-refractivity contribution in [3.8, 4) is 0 Å². The van der Waals surface area contributed by atoms with Crippen LogP contribution in [0.25, 0.3) is 0 Å². The number of anilines is 3. The van der Waals surface area contributed by atoms with Gasteiger partial charge in [0.1, 0.15) is 0 Å². The molecule has 0 heterocycles. The molecular formula is C33H42Cl3N3SiTi. The molecule has 0 saturated carbocycles. The van der Waals surface area contributed by atoms with E-state index >= 15 is 0 Å². The fourth-order valence-electron chi connectivity index (χ4n) is 6.17. The molecule has 0 fully saturated rings. The van der Waals surface area contributed by atoms with Crippen LogP contribution >= 0.6 is 0 Å². The normalized spacial score (nSPS) is 14.1. The van der Waals surface area contributed by atoms with Crippen molar-refractivity contribution in [3.63, 3.8) is 0 Å². The van der Waals surface area contributed by atoms with E-state index in [2.05, 4.69) is 178 Å². The molecule has 218 valence electrons. The van der Waals surface area contributed by atoms with E-state index in [4.69, 9.17) is 0 Å². The van der Waals surface area contributed by atoms with E-state index < -0.39 is 8.07 Å². The van der Waals surface area contributed by atoms with Crippen LogP contribution < -0.4 is 67.5 Å². The molecule has 0 bridgehead atoms. The van der Waals surface area contributed by atoms with Crippen molar-refractivity contribution in [2.24, 2.45) is 0 Å². The maximum absolute atomic E-state index is 2.75. The van der Waals surface area contributed by atoms with E-state index in [1.807, 2.05) is 0 Å². The van der Waals surface area contributed by atoms with Crippen molar-refractivity contribution in [2.75, 3.05) is 57.0 Å². The third kappa shape index (κ3) is 6.07. The second-order valence-electron chi connectivity index (χ2n) is 11.3. The van der Waals surface area contributed by atoms with Gasteiger partial charge in [0.25, 0.3) is 0 Å². The number of nitrogens with zero attached hydrogens (tertiary/aromatic N) is 3. The molecule has 0 amide bonds. The summed E-state index contributed by atoms with van der Waals surface area (Å²) in [6, 6.07) is 28.1. The molecule has 0 unspecified atom stereocenters. The number of hydrogen-bond donors (Lipinski definition) is 0. The van der Waals surface area contributed by atoms with Crippen molar-refractivity contribution in [3.05, 3.63) is 95.1 Å². The van der Waals surface area contributed by atoms with Crippen molar-refractivity contribution in [1.82, 2.24) is 0 Å². The molecule has 4 rings (SSSR count). The van der Waals surface area contributed by atoms with Crippen LogP contribution in [0.5, 0.6) is 0 Å². The fraction of sp³-hybridized carbons (Fsp3) is 0.333. The molecule has 1 aliphatic rings. The minimum absolute atomic E-state index is 0. The van der Waals surface area contributed by atoms with Crippen LogP contribution in [0.3, 0.4) is 0 Å². The summed E-state index contributed by atoms with van der Waals surface area (Å²) in [7, 11) is 10.1. The monoisotopic (exact) mass is 661 g/mol. The number of benzene rings is 3. The smallest absolute Gasteiger partial charge is 1.00 e. The molecule has 0 spiro atoms. The molecule has 41 heavy (non-hydrogen) atoms. The molecule has 0 radical (unpaired) electrons. The first kappa shape index (κ1) is 37.4. The summed E-state index contributed by atoms with van der Waals surface area (Å²) in [4.78, 5) is 6.69. The largest absolute Gasteiger partial charge is 1.00 e. The first-order chi connectivity index (χ1) is 17.9. The molecule has 3 aromatic rings. The Bertz CT molecular complexity index is 1280. The number of allylic oxidation sites excluding steroid dienone is 4. The Morgan fingerprint density at radius 1 is 0.512 bits per heavy atom. The Labute approximate surface area is 279 Å². The van der Waals surface area contributed by atoms with Crippen LogP contribution in [0.1, 0.15) is 27.7 Å². The van der Waals surface area contributed by atoms with Gasteiger partial charge in [0.2, 0.25) is 0 Å². The zero-order valence-electron chi connectivity index (χ0n) is 25.9. The van der Waals surface area contributed by atoms with Gasteiger partial charge in [-0.1, -0.05) is 0 Å². The Balaban J connectivity index is 0.00000280. The van der Waals surface area contributed by atoms with E-state index in [9.17, 15) is 0 Å². The Hall–Kier alpha value is -1.66. The average Bonchev–Trinajstić information content (AvgIpc) is 3.05. The minimum atomic E-state index is -2.75. The summed E-state index contributed by atoms with van der Waals surface area (Å²) in [5, 5.41) is 4.33. The van der Waals surface area contributed by atoms with E-state index in [1.54, 1.807) is 0 Å². The van der Waals surface area contributed by atoms with Crippen LogP contribution in [-0.4, -0.2) is 50.4 Å². The van der Waals surface area contributed by atoms with E-state index in [0.29, 0.717) is 0 Å². The van der Waals surface area contributed by atoms with Crippen LogP contribution in [0.4, 0.5) is 17.1 Å². The van der Waals surface area contributed by atoms with Gasteiger partial charge in [0, 0.05) is 0 Å². The second-order valence-corrected chi connectivity index (χ2v) is 17.3. The van der Waals surface area contributed by atoms with Gasteiger partial charge in [-0.25, -0.2) is 0 Å². The van der Waals surface area contributed by atoms with Gasteiger partial charge in [-0.15, -0.1) is 0 Å². The topological polar surface area (TPSA) is 9.72 Å². The summed E-state index contributed by atoms with van der Waals surface area (Å²) in [6.07, 6.45) is 0. The Morgan fingerprint density at radius 2 is 0.780 bits per heavy atom. The zero-order valence-corrected chi connectivity index (χ0v) is 30.7. The Kier molecular flexibility index (Phi) is 12.9. The van der Waals surface area contributed by atoms with Crippen molar-refractivity contribution in [2.45, 2.75) is 31.0 Å². The molecule has 1 aliphatic carbocycles. The first-order valence-electron chi connectivity index (χ1n) is 13.3. The van der Waals surface area contributed by atoms with Crippen LogP contribution in [-0.2, 0) is 20.4 Å². The molecule has 8 heteroatoms. The second kappa shape index (κ2) is 14.2. The predicted octanol–water partition coefficient (Wildman–Crippen LogP) is -3.70. The fourth-order valence-corrected chi connectivity index (χ4v) is 14.7. The number of halogens is 3. The molecule has 0 saturated heterocycles. The van der Waals surface area contributed by atoms with Crippen molar-refractivity contribution in [1.29, 1.82) is 0 Å². The van der Waals surface area contributed by atoms with Gasteiger partial charge in [-0.05, 0) is 0 Å².